The van der Waals surface area contributed by atoms with E-state index in [-0.39, 0.29) is 5.58 Å². The largest absolute Gasteiger partial charge is 0.477 e. The van der Waals surface area contributed by atoms with Crippen molar-refractivity contribution in [2.24, 2.45) is 0 Å². The number of halogens is 1. The molecule has 2 N–H and O–H groups in total. The molecule has 9 heteroatoms. The highest BCUT2D eigenvalue weighted by atomic mass is 35.5. The molecule has 0 spiro atoms. The molecule has 0 atom stereocenters. The minimum absolute atomic E-state index is 0.212. The van der Waals surface area contributed by atoms with Gasteiger partial charge in [0.05, 0.1) is 4.70 Å². The lowest BCUT2D eigenvalue weighted by molar-refractivity contribution is 0.0692. The molecule has 0 bridgehead atoms. The zero-order valence-electron chi connectivity index (χ0n) is 12.8. The Bertz CT molecular complexity index is 1030. The van der Waals surface area contributed by atoms with E-state index in [0.717, 1.165) is 11.3 Å². The van der Waals surface area contributed by atoms with E-state index in [1.165, 1.54) is 17.0 Å². The molecule has 0 saturated heterocycles. The van der Waals surface area contributed by atoms with Crippen LogP contribution in [0.5, 0.6) is 0 Å². The van der Waals surface area contributed by atoms with Crippen LogP contribution in [0.15, 0.2) is 45.6 Å². The minimum atomic E-state index is -1.36. The number of carboxylic acid groups (broad SMARTS) is 1. The third-order valence-electron chi connectivity index (χ3n) is 3.40. The molecule has 3 aromatic rings. The predicted octanol–water partition coefficient (Wildman–Crippen LogP) is 3.87. The van der Waals surface area contributed by atoms with Gasteiger partial charge in [-0.25, -0.2) is 14.4 Å². The van der Waals surface area contributed by atoms with E-state index < -0.39 is 23.2 Å². The molecule has 2 amide bonds. The molecule has 2 aromatic heterocycles. The smallest absolute Gasteiger partial charge is 0.351 e. The van der Waals surface area contributed by atoms with Crippen molar-refractivity contribution < 1.29 is 19.1 Å². The van der Waals surface area contributed by atoms with E-state index in [9.17, 15) is 14.4 Å². The summed E-state index contributed by atoms with van der Waals surface area (Å²) in [7, 11) is 1.59. The topological polar surface area (TPSA) is 99.9 Å². The molecule has 0 aliphatic heterocycles. The first-order chi connectivity index (χ1) is 11.8. The molecule has 0 fully saturated rings. The van der Waals surface area contributed by atoms with E-state index in [0.29, 0.717) is 20.4 Å². The van der Waals surface area contributed by atoms with Crippen LogP contribution in [-0.4, -0.2) is 24.2 Å². The van der Waals surface area contributed by atoms with E-state index in [2.05, 4.69) is 5.32 Å². The molecule has 0 aliphatic rings. The summed E-state index contributed by atoms with van der Waals surface area (Å²) in [5.41, 5.74) is -0.536. The van der Waals surface area contributed by atoms with Crippen LogP contribution >= 0.6 is 22.9 Å². The van der Waals surface area contributed by atoms with Crippen LogP contribution in [0.1, 0.15) is 10.4 Å². The number of urea groups is 1. The number of anilines is 2. The van der Waals surface area contributed by atoms with Crippen LogP contribution < -0.4 is 15.8 Å². The maximum absolute atomic E-state index is 12.3. The fourth-order valence-corrected chi connectivity index (χ4v) is 3.14. The van der Waals surface area contributed by atoms with Gasteiger partial charge < -0.3 is 9.52 Å². The van der Waals surface area contributed by atoms with Gasteiger partial charge in [-0.2, -0.15) is 0 Å². The Morgan fingerprint density at radius 2 is 1.92 bits per heavy atom. The van der Waals surface area contributed by atoms with Crippen LogP contribution in [0, 0.1) is 0 Å². The van der Waals surface area contributed by atoms with Gasteiger partial charge in [0.1, 0.15) is 10.6 Å². The fraction of sp³-hybridized carbons (Fsp3) is 0.0625. The average molecular weight is 379 g/mol. The van der Waals surface area contributed by atoms with Crippen molar-refractivity contribution >= 4 is 55.9 Å². The molecule has 0 saturated carbocycles. The van der Waals surface area contributed by atoms with E-state index in [4.69, 9.17) is 21.1 Å². The maximum atomic E-state index is 12.3. The SMILES string of the molecule is CN(C(=O)Nc1cc2oc(=O)c(C(=O)O)cc2s1)c1ccc(Cl)cc1. The summed E-state index contributed by atoms with van der Waals surface area (Å²) in [5, 5.41) is 12.6. The summed E-state index contributed by atoms with van der Waals surface area (Å²) >= 11 is 6.93. The Morgan fingerprint density at radius 3 is 2.56 bits per heavy atom. The summed E-state index contributed by atoms with van der Waals surface area (Å²) in [6.45, 7) is 0. The third-order valence-corrected chi connectivity index (χ3v) is 4.63. The second kappa shape index (κ2) is 6.58. The van der Waals surface area contributed by atoms with Gasteiger partial charge in [-0.1, -0.05) is 11.6 Å². The molecule has 7 nitrogen and oxygen atoms in total. The molecule has 3 rings (SSSR count). The predicted molar refractivity (Wildman–Crippen MR) is 96.2 cm³/mol. The van der Waals surface area contributed by atoms with E-state index >= 15 is 0 Å². The van der Waals surface area contributed by atoms with Gasteiger partial charge in [0, 0.05) is 23.8 Å². The van der Waals surface area contributed by atoms with Crippen molar-refractivity contribution in [1.82, 2.24) is 0 Å². The first kappa shape index (κ1) is 17.0. The first-order valence-electron chi connectivity index (χ1n) is 6.96. The summed E-state index contributed by atoms with van der Waals surface area (Å²) < 4.78 is 5.41. The zero-order chi connectivity index (χ0) is 18.1. The van der Waals surface area contributed by atoms with Crippen LogP contribution in [0.25, 0.3) is 10.3 Å². The lowest BCUT2D eigenvalue weighted by Gasteiger charge is -2.17. The number of carboxylic acids is 1. The standard InChI is InChI=1S/C16H11ClN2O5S/c1-19(9-4-2-8(17)3-5-9)16(23)18-13-7-11-12(25-13)6-10(14(20)21)15(22)24-11/h2-7H,1H3,(H,18,23)(H,20,21). The molecule has 2 heterocycles. The van der Waals surface area contributed by atoms with Gasteiger partial charge in [0.15, 0.2) is 5.58 Å². The number of amides is 2. The van der Waals surface area contributed by atoms with Gasteiger partial charge in [-0.15, -0.1) is 11.3 Å². The normalized spacial score (nSPS) is 10.6. The van der Waals surface area contributed by atoms with Crippen LogP contribution in [0.2, 0.25) is 5.02 Å². The molecule has 25 heavy (non-hydrogen) atoms. The Kier molecular flexibility index (Phi) is 4.47. The number of aromatic carboxylic acids is 1. The number of carbonyl (C=O) groups is 2. The highest BCUT2D eigenvalue weighted by Crippen LogP contribution is 2.30. The van der Waals surface area contributed by atoms with Gasteiger partial charge in [-0.3, -0.25) is 10.2 Å². The lowest BCUT2D eigenvalue weighted by Crippen LogP contribution is -2.30. The number of hydrogen-bond donors (Lipinski definition) is 2. The molecule has 1 aromatic carbocycles. The number of thiophene rings is 1. The second-order valence-electron chi connectivity index (χ2n) is 5.06. The second-order valence-corrected chi connectivity index (χ2v) is 6.58. The van der Waals surface area contributed by atoms with Crippen LogP contribution in [0.4, 0.5) is 15.5 Å². The summed E-state index contributed by atoms with van der Waals surface area (Å²) in [4.78, 5) is 36.3. The third kappa shape index (κ3) is 3.49. The maximum Gasteiger partial charge on any atom is 0.351 e. The number of rotatable bonds is 3. The highest BCUT2D eigenvalue weighted by Gasteiger charge is 2.16. The van der Waals surface area contributed by atoms with Crippen molar-refractivity contribution in [2.45, 2.75) is 0 Å². The Balaban J connectivity index is 1.84. The number of nitrogens with one attached hydrogen (secondary N) is 1. The highest BCUT2D eigenvalue weighted by molar-refractivity contribution is 7.22. The molecular weight excluding hydrogens is 368 g/mol. The summed E-state index contributed by atoms with van der Waals surface area (Å²) in [5.74, 6) is -1.36. The van der Waals surface area contributed by atoms with Gasteiger partial charge in [0.25, 0.3) is 0 Å². The van der Waals surface area contributed by atoms with E-state index in [1.807, 2.05) is 0 Å². The molecule has 128 valence electrons. The minimum Gasteiger partial charge on any atom is -0.477 e. The quantitative estimate of drug-likeness (QED) is 0.720. The monoisotopic (exact) mass is 378 g/mol. The van der Waals surface area contributed by atoms with Crippen LogP contribution in [-0.2, 0) is 0 Å². The van der Waals surface area contributed by atoms with Crippen LogP contribution in [0.3, 0.4) is 0 Å². The van der Waals surface area contributed by atoms with Gasteiger partial charge in [0.2, 0.25) is 0 Å². The number of nitrogens with zero attached hydrogens (tertiary/aromatic N) is 1. The Labute approximate surface area is 150 Å². The average Bonchev–Trinajstić information content (AvgIpc) is 2.94. The van der Waals surface area contributed by atoms with Crippen molar-refractivity contribution in [1.29, 1.82) is 0 Å². The van der Waals surface area contributed by atoms with Crippen molar-refractivity contribution in [3.8, 4) is 0 Å². The Hall–Kier alpha value is -2.84. The number of fused-ring (bicyclic) bond motifs is 1. The lowest BCUT2D eigenvalue weighted by atomic mass is 10.3. The fourth-order valence-electron chi connectivity index (χ4n) is 2.10. The number of hydrogen-bond acceptors (Lipinski definition) is 5. The molecular formula is C16H11ClN2O5S. The van der Waals surface area contributed by atoms with Crippen molar-refractivity contribution in [2.75, 3.05) is 17.3 Å². The number of benzene rings is 1. The molecule has 0 unspecified atom stereocenters. The number of carbonyl (C=O) groups excluding carboxylic acids is 1. The van der Waals surface area contributed by atoms with Gasteiger partial charge >= 0.3 is 17.6 Å². The Morgan fingerprint density at radius 1 is 1.24 bits per heavy atom. The summed E-state index contributed by atoms with van der Waals surface area (Å²) in [6.07, 6.45) is 0. The van der Waals surface area contributed by atoms with Gasteiger partial charge in [-0.05, 0) is 30.3 Å². The van der Waals surface area contributed by atoms with Crippen molar-refractivity contribution in [3.05, 3.63) is 57.4 Å². The zero-order valence-corrected chi connectivity index (χ0v) is 14.4. The summed E-state index contributed by atoms with van der Waals surface area (Å²) in [6, 6.07) is 9.03. The first-order valence-corrected chi connectivity index (χ1v) is 8.16. The molecule has 0 aliphatic carbocycles. The molecule has 0 radical (unpaired) electrons. The van der Waals surface area contributed by atoms with Crippen molar-refractivity contribution in [3.63, 3.8) is 0 Å². The van der Waals surface area contributed by atoms with E-state index in [1.54, 1.807) is 31.3 Å².